The summed E-state index contributed by atoms with van der Waals surface area (Å²) in [4.78, 5) is 46.2. The van der Waals surface area contributed by atoms with E-state index in [0.29, 0.717) is 43.4 Å². The maximum Gasteiger partial charge on any atom is 0.494 e. The van der Waals surface area contributed by atoms with E-state index >= 15 is 0 Å². The van der Waals surface area contributed by atoms with E-state index in [9.17, 15) is 24.3 Å². The highest BCUT2D eigenvalue weighted by atomic mass is 127. The van der Waals surface area contributed by atoms with E-state index in [4.69, 9.17) is 75.6 Å². The van der Waals surface area contributed by atoms with Crippen LogP contribution in [0, 0.1) is 3.57 Å². The molecule has 3 aliphatic rings. The Labute approximate surface area is 596 Å². The number of halogens is 5. The van der Waals surface area contributed by atoms with Crippen molar-refractivity contribution in [3.05, 3.63) is 178 Å². The summed E-state index contributed by atoms with van der Waals surface area (Å²) < 4.78 is 54.3. The number of esters is 3. The van der Waals surface area contributed by atoms with E-state index < -0.39 is 61.1 Å². The van der Waals surface area contributed by atoms with Crippen LogP contribution in [0.25, 0.3) is 11.1 Å². The number of carbonyl (C=O) groups excluding carboxylic acids is 3. The molecule has 3 N–H and O–H groups in total. The number of carboxylic acids is 1. The molecule has 0 radical (unpaired) electrons. The standard InChI is InChI=1S/C17H25BO4.C17H17ClO3.C12H24B2O4.C11H13BrO2.C7H5BrO2.C6H4ClIO/c1-15(2,3)20-14(19)12-9-8-10-13(11-12)18-21-16(4,5)17(6,7)22-18;1-17(2,3)21-16(20)12-6-4-5-11(9-12)14-10-13(18)7-8-15(14)19;1-9(2)10(3,4)16-13(15-9)14-17-11(5,6)12(7,8)18-14;1-11(2,3)14-10(13)8-5-4-6-9(12)7-8;8-6-3-1-2-5(4-6)7(9)10;7-4-1-2-6(9)5(8)3-4/h8-11H,1-7H3;4-10,19H,1-3H3;1-8H3;4-7H,1-3H3;1-4H,(H,9,10);1-3,9H. The fourth-order valence-corrected chi connectivity index (χ4v) is 9.92. The second-order valence-corrected chi connectivity index (χ2v) is 32.0. The van der Waals surface area contributed by atoms with Crippen molar-refractivity contribution in [3.8, 4) is 22.6 Å². The molecule has 3 aliphatic heterocycles. The summed E-state index contributed by atoms with van der Waals surface area (Å²) in [7, 11) is -1.43. The molecule has 0 saturated carbocycles. The van der Waals surface area contributed by atoms with Crippen molar-refractivity contribution >= 4 is 128 Å². The van der Waals surface area contributed by atoms with Gasteiger partial charge in [0.15, 0.2) is 0 Å². The first-order valence-corrected chi connectivity index (χ1v) is 33.6. The third-order valence-electron chi connectivity index (χ3n) is 15.0. The summed E-state index contributed by atoms with van der Waals surface area (Å²) in [5.41, 5.74) is 0.146. The second kappa shape index (κ2) is 32.6. The molecule has 0 atom stereocenters. The van der Waals surface area contributed by atoms with Crippen molar-refractivity contribution in [2.45, 2.75) is 196 Å². The minimum atomic E-state index is -0.902. The lowest BCUT2D eigenvalue weighted by Crippen LogP contribution is -2.41. The molecule has 0 aromatic heterocycles. The van der Waals surface area contributed by atoms with Gasteiger partial charge >= 0.3 is 45.0 Å². The van der Waals surface area contributed by atoms with E-state index in [1.165, 1.54) is 6.07 Å². The summed E-state index contributed by atoms with van der Waals surface area (Å²) in [5.74, 6) is -1.54. The molecule has 3 saturated heterocycles. The van der Waals surface area contributed by atoms with Crippen LogP contribution in [0.3, 0.4) is 0 Å². The van der Waals surface area contributed by atoms with Crippen molar-refractivity contribution < 1.29 is 76.6 Å². The second-order valence-electron chi connectivity index (χ2n) is 28.1. The Kier molecular flexibility index (Phi) is 28.2. The van der Waals surface area contributed by atoms with Crippen LogP contribution < -0.4 is 5.46 Å². The number of carboxylic acid groups (broad SMARTS) is 1. The number of ether oxygens (including phenoxy) is 3. The molecule has 0 spiro atoms. The summed E-state index contributed by atoms with van der Waals surface area (Å²) in [6, 6.07) is 37.6. The lowest BCUT2D eigenvalue weighted by atomic mass is 9.49. The lowest BCUT2D eigenvalue weighted by molar-refractivity contribution is 0.00570. The maximum absolute atomic E-state index is 12.2. The van der Waals surface area contributed by atoms with E-state index in [1.807, 2.05) is 192 Å². The number of phenolic OH excluding ortho intramolecular Hbond substituents is 2. The lowest BCUT2D eigenvalue weighted by Gasteiger charge is -2.32. The summed E-state index contributed by atoms with van der Waals surface area (Å²) in [6.07, 6.45) is 0. The van der Waals surface area contributed by atoms with Gasteiger partial charge in [-0.05, 0) is 276 Å². The number of aromatic hydroxyl groups is 2. The Bertz CT molecular complexity index is 3520. The monoisotopic (exact) mass is 1570 g/mol. The number of benzene rings is 6. The van der Waals surface area contributed by atoms with Gasteiger partial charge in [0.2, 0.25) is 0 Å². The van der Waals surface area contributed by atoms with E-state index in [-0.39, 0.29) is 45.8 Å². The fourth-order valence-electron chi connectivity index (χ4n) is 8.07. The van der Waals surface area contributed by atoms with Gasteiger partial charge < -0.3 is 57.5 Å². The van der Waals surface area contributed by atoms with Crippen LogP contribution in [-0.2, 0) is 42.1 Å². The molecule has 0 amide bonds. The minimum absolute atomic E-state index is 0.112. The molecule has 3 heterocycles. The van der Waals surface area contributed by atoms with Crippen molar-refractivity contribution in [2.75, 3.05) is 0 Å². The highest BCUT2D eigenvalue weighted by molar-refractivity contribution is 14.1. The number of phenols is 2. The van der Waals surface area contributed by atoms with Gasteiger partial charge in [0.25, 0.3) is 0 Å². The number of hydrogen-bond acceptors (Lipinski definition) is 15. The topological polar surface area (TPSA) is 212 Å². The zero-order valence-corrected chi connectivity index (χ0v) is 64.3. The van der Waals surface area contributed by atoms with E-state index in [2.05, 4.69) is 31.9 Å². The van der Waals surface area contributed by atoms with Gasteiger partial charge in [0.1, 0.15) is 28.3 Å². The molecule has 0 bridgehead atoms. The zero-order chi connectivity index (χ0) is 71.5. The SMILES string of the molecule is CC(C)(C)OC(=O)c1cccc(-c2cc(Cl)ccc2O)c1.CC(C)(C)OC(=O)c1cccc(B2OC(C)(C)C(C)(C)O2)c1.CC(C)(C)OC(=O)c1cccc(Br)c1.CC1(C)OB(B2OC(C)(C)C(C)(C)O2)OC1(C)C.O=C(O)c1cccc(Br)c1.Oc1ccc(Cl)cc1I. The Hall–Kier alpha value is -4.98. The predicted molar refractivity (Wildman–Crippen MR) is 389 cm³/mol. The molecule has 94 heavy (non-hydrogen) atoms. The first-order chi connectivity index (χ1) is 42.8. The van der Waals surface area contributed by atoms with Crippen LogP contribution >= 0.6 is 77.7 Å². The average Bonchev–Trinajstić information content (AvgIpc) is 1.60. The maximum atomic E-state index is 12.2. The van der Waals surface area contributed by atoms with Gasteiger partial charge in [-0.2, -0.15) is 0 Å². The van der Waals surface area contributed by atoms with Gasteiger partial charge in [-0.3, -0.25) is 0 Å². The van der Waals surface area contributed by atoms with Gasteiger partial charge in [-0.1, -0.05) is 91.5 Å². The van der Waals surface area contributed by atoms with Gasteiger partial charge in [0, 0.05) is 24.6 Å². The third kappa shape index (κ3) is 24.8. The van der Waals surface area contributed by atoms with Crippen molar-refractivity contribution in [1.29, 1.82) is 0 Å². The number of aromatic carboxylic acids is 1. The molecule has 0 aliphatic carbocycles. The fraction of sp³-hybridized carbons (Fsp3) is 0.429. The Balaban J connectivity index is 0.000000247. The van der Waals surface area contributed by atoms with Crippen molar-refractivity contribution in [3.63, 3.8) is 0 Å². The first kappa shape index (κ1) is 81.5. The quantitative estimate of drug-likeness (QED) is 0.0587. The van der Waals surface area contributed by atoms with Gasteiger partial charge in [-0.15, -0.1) is 0 Å². The number of rotatable bonds is 7. The van der Waals surface area contributed by atoms with Crippen LogP contribution in [0.2, 0.25) is 10.0 Å². The largest absolute Gasteiger partial charge is 0.507 e. The van der Waals surface area contributed by atoms with Crippen molar-refractivity contribution in [1.82, 2.24) is 0 Å². The summed E-state index contributed by atoms with van der Waals surface area (Å²) >= 11 is 20.0. The first-order valence-electron chi connectivity index (χ1n) is 30.2. The van der Waals surface area contributed by atoms with Gasteiger partial charge in [-0.25, -0.2) is 19.2 Å². The number of hydrogen-bond donors (Lipinski definition) is 3. The highest BCUT2D eigenvalue weighted by Crippen LogP contribution is 2.43. The molecule has 24 heteroatoms. The Morgan fingerprint density at radius 3 is 1.13 bits per heavy atom. The Morgan fingerprint density at radius 1 is 0.436 bits per heavy atom. The molecule has 16 nitrogen and oxygen atoms in total. The normalized spacial score (nSPS) is 16.9. The number of carbonyl (C=O) groups is 4. The van der Waals surface area contributed by atoms with Crippen LogP contribution in [0.15, 0.2) is 142 Å². The molecule has 0 unspecified atom stereocenters. The third-order valence-corrected chi connectivity index (χ3v) is 17.3. The molecule has 6 aromatic rings. The molecule has 9 rings (SSSR count). The highest BCUT2D eigenvalue weighted by Gasteiger charge is 2.64. The predicted octanol–water partition coefficient (Wildman–Crippen LogP) is 18.1. The van der Waals surface area contributed by atoms with Crippen molar-refractivity contribution in [2.24, 2.45) is 0 Å². The summed E-state index contributed by atoms with van der Waals surface area (Å²) in [5, 5.41) is 28.6. The average molecular weight is 1580 g/mol. The molecule has 508 valence electrons. The van der Waals surface area contributed by atoms with Crippen LogP contribution in [0.5, 0.6) is 11.5 Å². The van der Waals surface area contributed by atoms with Crippen LogP contribution in [-0.4, -0.2) is 111 Å². The Morgan fingerprint density at radius 2 is 0.766 bits per heavy atom. The molecule has 6 aromatic carbocycles. The molecular formula is C70H88B3Br2Cl2IO16. The van der Waals surface area contributed by atoms with Crippen LogP contribution in [0.1, 0.15) is 187 Å². The molecular weight excluding hydrogens is 1490 g/mol. The summed E-state index contributed by atoms with van der Waals surface area (Å²) in [6.45, 7) is 40.8. The smallest absolute Gasteiger partial charge is 0.494 e. The minimum Gasteiger partial charge on any atom is -0.507 e. The zero-order valence-electron chi connectivity index (χ0n) is 57.5. The van der Waals surface area contributed by atoms with Crippen LogP contribution in [0.4, 0.5) is 0 Å². The van der Waals surface area contributed by atoms with E-state index in [1.54, 1.807) is 103 Å². The van der Waals surface area contributed by atoms with Gasteiger partial charge in [0.05, 0.1) is 59.4 Å². The molecule has 3 fully saturated rings. The van der Waals surface area contributed by atoms with E-state index in [0.717, 1.165) is 18.0 Å².